The lowest BCUT2D eigenvalue weighted by Gasteiger charge is -2.29. The minimum Gasteiger partial charge on any atom is -0.378 e. The summed E-state index contributed by atoms with van der Waals surface area (Å²) in [5.41, 5.74) is 4.38. The maximum absolute atomic E-state index is 12.5. The molecular formula is C19H22N2O3. The second-order valence-corrected chi connectivity index (χ2v) is 6.84. The highest BCUT2D eigenvalue weighted by Crippen LogP contribution is 2.44. The van der Waals surface area contributed by atoms with E-state index in [0.717, 1.165) is 48.2 Å². The predicted octanol–water partition coefficient (Wildman–Crippen LogP) is 2.27. The van der Waals surface area contributed by atoms with E-state index >= 15 is 0 Å². The molecule has 0 radical (unpaired) electrons. The number of nitrogens with one attached hydrogen (secondary N) is 1. The molecule has 0 aromatic heterocycles. The smallest absolute Gasteiger partial charge is 0.264 e. The summed E-state index contributed by atoms with van der Waals surface area (Å²) in [5.74, 6) is 0.0119. The largest absolute Gasteiger partial charge is 0.378 e. The number of aliphatic hydroxyl groups is 1. The van der Waals surface area contributed by atoms with Crippen LogP contribution in [0.5, 0.6) is 0 Å². The van der Waals surface area contributed by atoms with Gasteiger partial charge in [0.05, 0.1) is 5.70 Å². The molecule has 5 nitrogen and oxygen atoms in total. The van der Waals surface area contributed by atoms with Gasteiger partial charge in [-0.05, 0) is 55.2 Å². The van der Waals surface area contributed by atoms with Gasteiger partial charge in [0, 0.05) is 23.9 Å². The van der Waals surface area contributed by atoms with Gasteiger partial charge < -0.3 is 10.4 Å². The van der Waals surface area contributed by atoms with Gasteiger partial charge in [-0.25, -0.2) is 0 Å². The number of hydrogen-bond donors (Lipinski definition) is 2. The summed E-state index contributed by atoms with van der Waals surface area (Å²) in [6.45, 7) is 2.12. The third kappa shape index (κ3) is 2.18. The topological polar surface area (TPSA) is 69.6 Å². The predicted molar refractivity (Wildman–Crippen MR) is 89.1 cm³/mol. The van der Waals surface area contributed by atoms with Crippen LogP contribution < -0.4 is 5.32 Å². The Morgan fingerprint density at radius 1 is 1.29 bits per heavy atom. The zero-order valence-electron chi connectivity index (χ0n) is 13.8. The van der Waals surface area contributed by atoms with Crippen LogP contribution in [0.2, 0.25) is 0 Å². The van der Waals surface area contributed by atoms with Crippen molar-refractivity contribution in [2.24, 2.45) is 5.92 Å². The van der Waals surface area contributed by atoms with Gasteiger partial charge >= 0.3 is 0 Å². The Hall–Kier alpha value is -2.14. The summed E-state index contributed by atoms with van der Waals surface area (Å²) in [6, 6.07) is 0. The van der Waals surface area contributed by atoms with E-state index in [4.69, 9.17) is 0 Å². The zero-order valence-corrected chi connectivity index (χ0v) is 13.8. The van der Waals surface area contributed by atoms with Crippen LogP contribution in [0, 0.1) is 5.92 Å². The lowest BCUT2D eigenvalue weighted by molar-refractivity contribution is -0.131. The number of carbonyl (C=O) groups excluding carboxylic acids is 2. The highest BCUT2D eigenvalue weighted by molar-refractivity contribution is 5.94. The first-order valence-electron chi connectivity index (χ1n) is 8.78. The van der Waals surface area contributed by atoms with E-state index in [-0.39, 0.29) is 17.7 Å². The molecule has 0 aromatic carbocycles. The fourth-order valence-corrected chi connectivity index (χ4v) is 4.31. The molecule has 24 heavy (non-hydrogen) atoms. The second-order valence-electron chi connectivity index (χ2n) is 6.84. The first-order chi connectivity index (χ1) is 11.6. The molecule has 0 unspecified atom stereocenters. The fraction of sp³-hybridized carbons (Fsp3) is 0.474. The van der Waals surface area contributed by atoms with Crippen LogP contribution in [-0.2, 0) is 9.59 Å². The maximum atomic E-state index is 12.5. The molecule has 2 amide bonds. The Bertz CT molecular complexity index is 742. The molecule has 2 N–H and O–H groups in total. The molecule has 0 aromatic rings. The molecule has 0 fully saturated rings. The summed E-state index contributed by atoms with van der Waals surface area (Å²) < 4.78 is 0. The quantitative estimate of drug-likeness (QED) is 0.776. The molecule has 0 bridgehead atoms. The molecule has 4 rings (SSSR count). The average Bonchev–Trinajstić information content (AvgIpc) is 2.87. The van der Waals surface area contributed by atoms with Gasteiger partial charge in [0.15, 0.2) is 6.10 Å². The van der Waals surface area contributed by atoms with Gasteiger partial charge in [-0.3, -0.25) is 14.5 Å². The van der Waals surface area contributed by atoms with E-state index in [1.165, 1.54) is 0 Å². The first kappa shape index (κ1) is 15.4. The van der Waals surface area contributed by atoms with Crippen LogP contribution in [0.15, 0.2) is 46.5 Å². The lowest BCUT2D eigenvalue weighted by atomic mass is 9.80. The molecule has 126 valence electrons. The van der Waals surface area contributed by atoms with Gasteiger partial charge in [-0.1, -0.05) is 13.0 Å². The van der Waals surface area contributed by atoms with E-state index in [0.29, 0.717) is 18.4 Å². The normalized spacial score (nSPS) is 29.6. The molecule has 5 heteroatoms. The molecule has 2 atom stereocenters. The number of nitrogens with zero attached hydrogens (tertiary/aromatic N) is 1. The molecule has 3 aliphatic heterocycles. The summed E-state index contributed by atoms with van der Waals surface area (Å²) >= 11 is 0. The number of allylic oxidation sites excluding steroid dienone is 4. The fourth-order valence-electron chi connectivity index (χ4n) is 4.31. The third-order valence-corrected chi connectivity index (χ3v) is 5.50. The number of aliphatic hydroxyl groups excluding tert-OH is 1. The lowest BCUT2D eigenvalue weighted by Crippen LogP contribution is -2.33. The van der Waals surface area contributed by atoms with Crippen molar-refractivity contribution in [1.29, 1.82) is 0 Å². The molecule has 1 aliphatic carbocycles. The van der Waals surface area contributed by atoms with Crippen LogP contribution in [0.1, 0.15) is 45.4 Å². The van der Waals surface area contributed by atoms with E-state index in [1.807, 2.05) is 12.2 Å². The Morgan fingerprint density at radius 2 is 2.12 bits per heavy atom. The highest BCUT2D eigenvalue weighted by Gasteiger charge is 2.43. The van der Waals surface area contributed by atoms with E-state index < -0.39 is 6.10 Å². The monoisotopic (exact) mass is 326 g/mol. The summed E-state index contributed by atoms with van der Waals surface area (Å²) in [7, 11) is 0. The van der Waals surface area contributed by atoms with Crippen molar-refractivity contribution in [3.63, 3.8) is 0 Å². The van der Waals surface area contributed by atoms with Gasteiger partial charge in [0.1, 0.15) is 0 Å². The Labute approximate surface area is 141 Å². The van der Waals surface area contributed by atoms with Gasteiger partial charge in [-0.2, -0.15) is 0 Å². The third-order valence-electron chi connectivity index (χ3n) is 5.50. The minimum absolute atomic E-state index is 0.0202. The van der Waals surface area contributed by atoms with Crippen molar-refractivity contribution in [1.82, 2.24) is 10.2 Å². The van der Waals surface area contributed by atoms with E-state index in [1.54, 1.807) is 11.1 Å². The number of hydrogen-bond acceptors (Lipinski definition) is 3. The Balaban J connectivity index is 1.96. The van der Waals surface area contributed by atoms with Crippen LogP contribution in [0.3, 0.4) is 0 Å². The van der Waals surface area contributed by atoms with Crippen molar-refractivity contribution in [2.75, 3.05) is 0 Å². The SMILES string of the molecule is CC[C@@H]1CCCC2=C1NC(=O)CCC1=CC=CN3C(=O)[C@@H](O)C2=C13. The summed E-state index contributed by atoms with van der Waals surface area (Å²) in [5, 5.41) is 13.8. The molecule has 0 saturated carbocycles. The number of amides is 2. The summed E-state index contributed by atoms with van der Waals surface area (Å²) in [6.07, 6.45) is 9.09. The van der Waals surface area contributed by atoms with Gasteiger partial charge in [0.2, 0.25) is 5.91 Å². The van der Waals surface area contributed by atoms with Crippen molar-refractivity contribution >= 4 is 11.8 Å². The van der Waals surface area contributed by atoms with Crippen molar-refractivity contribution in [2.45, 2.75) is 51.6 Å². The second kappa shape index (κ2) is 5.74. The number of fused-ring (bicyclic) bond motifs is 1. The summed E-state index contributed by atoms with van der Waals surface area (Å²) in [4.78, 5) is 26.5. The van der Waals surface area contributed by atoms with Crippen LogP contribution in [-0.4, -0.2) is 27.9 Å². The van der Waals surface area contributed by atoms with Crippen molar-refractivity contribution in [3.8, 4) is 0 Å². The number of rotatable bonds is 1. The molecule has 4 aliphatic rings. The minimum atomic E-state index is -1.14. The van der Waals surface area contributed by atoms with Gasteiger partial charge in [-0.15, -0.1) is 0 Å². The average molecular weight is 326 g/mol. The van der Waals surface area contributed by atoms with Gasteiger partial charge in [0.25, 0.3) is 5.91 Å². The standard InChI is InChI=1S/C19H22N2O3/c1-2-11-5-3-7-13-15-17-12(8-9-14(22)20-16(11)13)6-4-10-21(17)19(24)18(15)23/h4,6,10-11,18,23H,2-3,5,7-9H2,1H3,(H,20,22)/t11-,18+/m1/s1. The van der Waals surface area contributed by atoms with Crippen LogP contribution in [0.25, 0.3) is 0 Å². The first-order valence-corrected chi connectivity index (χ1v) is 8.78. The molecule has 3 heterocycles. The zero-order chi connectivity index (χ0) is 16.8. The van der Waals surface area contributed by atoms with Crippen LogP contribution in [0.4, 0.5) is 0 Å². The van der Waals surface area contributed by atoms with Crippen molar-refractivity contribution in [3.05, 3.63) is 46.5 Å². The number of carbonyl (C=O) groups is 2. The molecule has 0 saturated heterocycles. The Kier molecular flexibility index (Phi) is 3.68. The van der Waals surface area contributed by atoms with E-state index in [9.17, 15) is 14.7 Å². The van der Waals surface area contributed by atoms with Crippen LogP contribution >= 0.6 is 0 Å². The van der Waals surface area contributed by atoms with Crippen molar-refractivity contribution < 1.29 is 14.7 Å². The molecule has 0 spiro atoms. The maximum Gasteiger partial charge on any atom is 0.264 e. The molecular weight excluding hydrogens is 304 g/mol. The Morgan fingerprint density at radius 3 is 2.92 bits per heavy atom. The highest BCUT2D eigenvalue weighted by atomic mass is 16.3. The van der Waals surface area contributed by atoms with E-state index in [2.05, 4.69) is 12.2 Å².